The number of hydrogen-bond acceptors (Lipinski definition) is 7. The Kier molecular flexibility index (Phi) is 6.89. The van der Waals surface area contributed by atoms with Crippen LogP contribution in [0.5, 0.6) is 11.5 Å². The van der Waals surface area contributed by atoms with Crippen molar-refractivity contribution < 1.29 is 22.7 Å². The van der Waals surface area contributed by atoms with Crippen molar-refractivity contribution in [2.24, 2.45) is 0 Å². The Morgan fingerprint density at radius 2 is 1.66 bits per heavy atom. The van der Waals surface area contributed by atoms with Crippen LogP contribution in [-0.4, -0.2) is 49.4 Å². The Morgan fingerprint density at radius 1 is 1.00 bits per heavy atom. The van der Waals surface area contributed by atoms with E-state index in [4.69, 9.17) is 14.7 Å². The lowest BCUT2D eigenvalue weighted by atomic mass is 10.1. The van der Waals surface area contributed by atoms with Gasteiger partial charge in [-0.05, 0) is 54.6 Å². The summed E-state index contributed by atoms with van der Waals surface area (Å²) in [5.74, 6) is 0.802. The third-order valence-electron chi connectivity index (χ3n) is 5.63. The van der Waals surface area contributed by atoms with Gasteiger partial charge in [0.1, 0.15) is 17.6 Å². The van der Waals surface area contributed by atoms with E-state index in [9.17, 15) is 18.0 Å². The highest BCUT2D eigenvalue weighted by molar-refractivity contribution is 7.90. The molecule has 0 bridgehead atoms. The molecule has 10 heteroatoms. The van der Waals surface area contributed by atoms with Gasteiger partial charge < -0.3 is 14.4 Å². The standard InChI is InChI=1S/C25H23N3O6S/c1-35(31,32)23-8-4-19(5-9-23)28-15-12-22(16-24(28)29)33-21-10-13-27(14-11-21)25(30)34-20-6-2-18(17-26)3-7-20/h2-9,12,15-16,21H,10-11,13-14H2,1H3. The highest BCUT2D eigenvalue weighted by Gasteiger charge is 2.25. The molecule has 1 aliphatic heterocycles. The van der Waals surface area contributed by atoms with E-state index >= 15 is 0 Å². The molecule has 0 N–H and O–H groups in total. The number of sulfone groups is 1. The number of rotatable bonds is 5. The van der Waals surface area contributed by atoms with Crippen molar-refractivity contribution in [3.05, 3.63) is 82.8 Å². The largest absolute Gasteiger partial charge is 0.490 e. The number of carbonyl (C=O) groups excluding carboxylic acids is 1. The molecule has 1 aliphatic rings. The van der Waals surface area contributed by atoms with Gasteiger partial charge in [-0.1, -0.05) is 0 Å². The van der Waals surface area contributed by atoms with Crippen LogP contribution in [0, 0.1) is 11.3 Å². The van der Waals surface area contributed by atoms with E-state index in [1.165, 1.54) is 22.8 Å². The van der Waals surface area contributed by atoms with E-state index in [0.29, 0.717) is 48.7 Å². The zero-order valence-electron chi connectivity index (χ0n) is 19.0. The fourth-order valence-corrected chi connectivity index (χ4v) is 4.34. The Balaban J connectivity index is 1.32. The first-order valence-electron chi connectivity index (χ1n) is 10.9. The van der Waals surface area contributed by atoms with Crippen LogP contribution < -0.4 is 15.0 Å². The number of carbonyl (C=O) groups is 1. The Labute approximate surface area is 202 Å². The molecule has 2 heterocycles. The second-order valence-electron chi connectivity index (χ2n) is 8.15. The minimum absolute atomic E-state index is 0.154. The van der Waals surface area contributed by atoms with Crippen LogP contribution in [0.4, 0.5) is 4.79 Å². The number of amides is 1. The summed E-state index contributed by atoms with van der Waals surface area (Å²) in [5, 5.41) is 8.84. The predicted molar refractivity (Wildman–Crippen MR) is 128 cm³/mol. The van der Waals surface area contributed by atoms with E-state index < -0.39 is 15.9 Å². The Bertz CT molecular complexity index is 1420. The van der Waals surface area contributed by atoms with Crippen LogP contribution in [0.2, 0.25) is 0 Å². The van der Waals surface area contributed by atoms with E-state index in [1.54, 1.807) is 53.6 Å². The summed E-state index contributed by atoms with van der Waals surface area (Å²) < 4.78 is 36.0. The third kappa shape index (κ3) is 5.88. The number of pyridine rings is 1. The van der Waals surface area contributed by atoms with Crippen molar-refractivity contribution in [1.29, 1.82) is 5.26 Å². The minimum Gasteiger partial charge on any atom is -0.490 e. The molecule has 0 atom stereocenters. The van der Waals surface area contributed by atoms with Crippen LogP contribution in [0.25, 0.3) is 5.69 Å². The van der Waals surface area contributed by atoms with Crippen LogP contribution in [0.3, 0.4) is 0 Å². The van der Waals surface area contributed by atoms with Gasteiger partial charge in [-0.3, -0.25) is 9.36 Å². The number of likely N-dealkylation sites (tertiary alicyclic amines) is 1. The van der Waals surface area contributed by atoms with Gasteiger partial charge in [-0.2, -0.15) is 5.26 Å². The first kappa shape index (κ1) is 24.0. The fourth-order valence-electron chi connectivity index (χ4n) is 3.71. The quantitative estimate of drug-likeness (QED) is 0.536. The van der Waals surface area contributed by atoms with Gasteiger partial charge in [-0.15, -0.1) is 0 Å². The van der Waals surface area contributed by atoms with Crippen molar-refractivity contribution in [3.8, 4) is 23.3 Å². The molecule has 1 amide bonds. The second-order valence-corrected chi connectivity index (χ2v) is 10.2. The van der Waals surface area contributed by atoms with Crippen molar-refractivity contribution in [3.63, 3.8) is 0 Å². The maximum atomic E-state index is 12.6. The Hall–Kier alpha value is -4.10. The number of ether oxygens (including phenoxy) is 2. The molecule has 0 spiro atoms. The maximum Gasteiger partial charge on any atom is 0.415 e. The van der Waals surface area contributed by atoms with Crippen LogP contribution in [-0.2, 0) is 9.84 Å². The summed E-state index contributed by atoms with van der Waals surface area (Å²) in [4.78, 5) is 26.8. The number of aromatic nitrogens is 1. The van der Waals surface area contributed by atoms with Gasteiger partial charge >= 0.3 is 6.09 Å². The molecule has 2 aromatic carbocycles. The molecule has 35 heavy (non-hydrogen) atoms. The van der Waals surface area contributed by atoms with Crippen LogP contribution in [0.1, 0.15) is 18.4 Å². The first-order valence-corrected chi connectivity index (χ1v) is 12.8. The SMILES string of the molecule is CS(=O)(=O)c1ccc(-n2ccc(OC3CCN(C(=O)Oc4ccc(C#N)cc4)CC3)cc2=O)cc1. The van der Waals surface area contributed by atoms with Crippen LogP contribution >= 0.6 is 0 Å². The molecule has 0 aliphatic carbocycles. The summed E-state index contributed by atoms with van der Waals surface area (Å²) in [5.41, 5.74) is 0.723. The lowest BCUT2D eigenvalue weighted by Gasteiger charge is -2.31. The van der Waals surface area contributed by atoms with Gasteiger partial charge in [0.2, 0.25) is 0 Å². The van der Waals surface area contributed by atoms with E-state index in [-0.39, 0.29) is 16.6 Å². The average Bonchev–Trinajstić information content (AvgIpc) is 2.84. The molecule has 4 rings (SSSR count). The zero-order valence-corrected chi connectivity index (χ0v) is 19.8. The molecule has 1 fully saturated rings. The number of benzene rings is 2. The highest BCUT2D eigenvalue weighted by atomic mass is 32.2. The van der Waals surface area contributed by atoms with E-state index in [1.807, 2.05) is 6.07 Å². The van der Waals surface area contributed by atoms with Gasteiger partial charge in [0.15, 0.2) is 9.84 Å². The summed E-state index contributed by atoms with van der Waals surface area (Å²) in [6.45, 7) is 0.896. The number of nitrogens with zero attached hydrogens (tertiary/aromatic N) is 3. The molecule has 0 saturated carbocycles. The molecular formula is C25H23N3O6S. The van der Waals surface area contributed by atoms with Crippen molar-refractivity contribution in [2.75, 3.05) is 19.3 Å². The summed E-state index contributed by atoms with van der Waals surface area (Å²) >= 11 is 0. The van der Waals surface area contributed by atoms with Crippen molar-refractivity contribution in [2.45, 2.75) is 23.8 Å². The van der Waals surface area contributed by atoms with Crippen LogP contribution in [0.15, 0.2) is 76.6 Å². The summed E-state index contributed by atoms with van der Waals surface area (Å²) in [7, 11) is -3.31. The topological polar surface area (TPSA) is 119 Å². The number of piperidine rings is 1. The molecule has 9 nitrogen and oxygen atoms in total. The number of nitriles is 1. The van der Waals surface area contributed by atoms with Gasteiger partial charge in [0.05, 0.1) is 16.5 Å². The fraction of sp³-hybridized carbons (Fsp3) is 0.240. The summed E-state index contributed by atoms with van der Waals surface area (Å²) in [6.07, 6.45) is 3.26. The van der Waals surface area contributed by atoms with E-state index in [0.717, 1.165) is 6.26 Å². The molecule has 0 unspecified atom stereocenters. The highest BCUT2D eigenvalue weighted by Crippen LogP contribution is 2.20. The smallest absolute Gasteiger partial charge is 0.415 e. The van der Waals surface area contributed by atoms with Crippen molar-refractivity contribution >= 4 is 15.9 Å². The molecule has 3 aromatic rings. The molecule has 1 aromatic heterocycles. The minimum atomic E-state index is -3.31. The second kappa shape index (κ2) is 10.0. The lowest BCUT2D eigenvalue weighted by Crippen LogP contribution is -2.43. The molecule has 1 saturated heterocycles. The number of hydrogen-bond donors (Lipinski definition) is 0. The predicted octanol–water partition coefficient (Wildman–Crippen LogP) is 3.15. The maximum absolute atomic E-state index is 12.6. The molecule has 0 radical (unpaired) electrons. The molecule has 180 valence electrons. The summed E-state index contributed by atoms with van der Waals surface area (Å²) in [6, 6.07) is 17.5. The lowest BCUT2D eigenvalue weighted by molar-refractivity contribution is 0.0929. The van der Waals surface area contributed by atoms with E-state index in [2.05, 4.69) is 0 Å². The van der Waals surface area contributed by atoms with Gasteiger partial charge in [0, 0.05) is 50.1 Å². The monoisotopic (exact) mass is 493 g/mol. The van der Waals surface area contributed by atoms with Gasteiger partial charge in [0.25, 0.3) is 5.56 Å². The van der Waals surface area contributed by atoms with Gasteiger partial charge in [-0.25, -0.2) is 13.2 Å². The Morgan fingerprint density at radius 3 is 2.23 bits per heavy atom. The normalized spacial score (nSPS) is 14.2. The first-order chi connectivity index (χ1) is 16.7. The molecular weight excluding hydrogens is 470 g/mol. The average molecular weight is 494 g/mol. The zero-order chi connectivity index (χ0) is 25.0. The van der Waals surface area contributed by atoms with Crippen molar-refractivity contribution in [1.82, 2.24) is 9.47 Å². The third-order valence-corrected chi connectivity index (χ3v) is 6.75.